The van der Waals surface area contributed by atoms with Crippen molar-refractivity contribution in [3.8, 4) is 0 Å². The summed E-state index contributed by atoms with van der Waals surface area (Å²) in [5, 5.41) is 0. The van der Waals surface area contributed by atoms with Crippen LogP contribution in [0.2, 0.25) is 0 Å². The van der Waals surface area contributed by atoms with Crippen molar-refractivity contribution in [3.63, 3.8) is 0 Å². The number of nitrogens with zero attached hydrogens (tertiary/aromatic N) is 1. The molecule has 0 bridgehead atoms. The minimum Gasteiger partial charge on any atom is -0.465 e. The first-order valence-corrected chi connectivity index (χ1v) is 9.23. The molecule has 0 N–H and O–H groups in total. The number of esters is 1. The van der Waals surface area contributed by atoms with Crippen LogP contribution < -0.4 is 0 Å². The molecule has 0 radical (unpaired) electrons. The second-order valence-electron chi connectivity index (χ2n) is 8.08. The number of hydrogen-bond donors (Lipinski definition) is 0. The maximum atomic E-state index is 12.8. The van der Waals surface area contributed by atoms with E-state index in [0.29, 0.717) is 12.3 Å². The standard InChI is InChI=1S/C18H30BrNO5/c1-11(2)9-13-14(10-12(19)15(21)23-8)24-18(6,7)20(13)16(22)25-17(3,4)5/h10-11,13-14H,9H2,1-8H3/b12-10-/t13-,14-/m0/s1. The van der Waals surface area contributed by atoms with Crippen molar-refractivity contribution in [1.29, 1.82) is 0 Å². The Balaban J connectivity index is 3.20. The van der Waals surface area contributed by atoms with Crippen LogP contribution in [-0.4, -0.2) is 47.5 Å². The van der Waals surface area contributed by atoms with Crippen molar-refractivity contribution in [3.05, 3.63) is 10.6 Å². The van der Waals surface area contributed by atoms with E-state index < -0.39 is 29.5 Å². The number of carbonyl (C=O) groups excluding carboxylic acids is 2. The summed E-state index contributed by atoms with van der Waals surface area (Å²) < 4.78 is 16.7. The summed E-state index contributed by atoms with van der Waals surface area (Å²) in [6.07, 6.45) is 1.50. The molecule has 0 aromatic carbocycles. The van der Waals surface area contributed by atoms with Gasteiger partial charge in [-0.25, -0.2) is 9.59 Å². The molecule has 7 heteroatoms. The summed E-state index contributed by atoms with van der Waals surface area (Å²) in [6.45, 7) is 13.3. The van der Waals surface area contributed by atoms with Gasteiger partial charge in [0.15, 0.2) is 0 Å². The fraction of sp³-hybridized carbons (Fsp3) is 0.778. The molecule has 1 aliphatic heterocycles. The Kier molecular flexibility index (Phi) is 7.10. The van der Waals surface area contributed by atoms with Gasteiger partial charge in [0.2, 0.25) is 0 Å². The lowest BCUT2D eigenvalue weighted by Crippen LogP contribution is -2.50. The van der Waals surface area contributed by atoms with Gasteiger partial charge in [-0.2, -0.15) is 0 Å². The van der Waals surface area contributed by atoms with Gasteiger partial charge in [-0.3, -0.25) is 4.90 Å². The van der Waals surface area contributed by atoms with E-state index in [-0.39, 0.29) is 10.5 Å². The highest BCUT2D eigenvalue weighted by molar-refractivity contribution is 9.12. The monoisotopic (exact) mass is 419 g/mol. The van der Waals surface area contributed by atoms with Crippen LogP contribution >= 0.6 is 15.9 Å². The molecule has 1 saturated heterocycles. The minimum absolute atomic E-state index is 0.248. The topological polar surface area (TPSA) is 65.1 Å². The summed E-state index contributed by atoms with van der Waals surface area (Å²) in [6, 6.07) is -0.248. The molecular weight excluding hydrogens is 390 g/mol. The molecule has 0 saturated carbocycles. The van der Waals surface area contributed by atoms with Gasteiger partial charge >= 0.3 is 12.1 Å². The number of rotatable bonds is 4. The number of carbonyl (C=O) groups is 2. The van der Waals surface area contributed by atoms with Crippen LogP contribution in [0.4, 0.5) is 4.79 Å². The Morgan fingerprint density at radius 3 is 2.32 bits per heavy atom. The fourth-order valence-electron chi connectivity index (χ4n) is 2.86. The van der Waals surface area contributed by atoms with Gasteiger partial charge in [-0.05, 0) is 69.0 Å². The van der Waals surface area contributed by atoms with Crippen LogP contribution in [0.3, 0.4) is 0 Å². The summed E-state index contributed by atoms with van der Waals surface area (Å²) in [7, 11) is 1.31. The molecule has 2 atom stereocenters. The summed E-state index contributed by atoms with van der Waals surface area (Å²) in [5.74, 6) is -0.152. The Morgan fingerprint density at radius 1 is 1.32 bits per heavy atom. The van der Waals surface area contributed by atoms with Gasteiger partial charge in [0, 0.05) is 0 Å². The molecule has 1 aliphatic rings. The van der Waals surface area contributed by atoms with Crippen molar-refractivity contribution >= 4 is 28.0 Å². The number of halogens is 1. The zero-order valence-electron chi connectivity index (χ0n) is 16.4. The van der Waals surface area contributed by atoms with E-state index in [1.165, 1.54) is 7.11 Å². The molecule has 25 heavy (non-hydrogen) atoms. The zero-order chi connectivity index (χ0) is 19.6. The number of ether oxygens (including phenoxy) is 3. The number of amides is 1. The van der Waals surface area contributed by atoms with E-state index in [1.54, 1.807) is 11.0 Å². The SMILES string of the molecule is COC(=O)/C(Br)=C/[C@@H]1OC(C)(C)N(C(=O)OC(C)(C)C)[C@H]1CC(C)C. The predicted octanol–water partition coefficient (Wildman–Crippen LogP) is 4.22. The van der Waals surface area contributed by atoms with Gasteiger partial charge in [0.1, 0.15) is 21.9 Å². The molecule has 0 spiro atoms. The predicted molar refractivity (Wildman–Crippen MR) is 99.3 cm³/mol. The second kappa shape index (κ2) is 8.08. The number of methoxy groups -OCH3 is 1. The Bertz CT molecular complexity index is 536. The lowest BCUT2D eigenvalue weighted by atomic mass is 9.98. The molecule has 0 aliphatic carbocycles. The van der Waals surface area contributed by atoms with Gasteiger partial charge in [-0.1, -0.05) is 13.8 Å². The van der Waals surface area contributed by atoms with Gasteiger partial charge in [-0.15, -0.1) is 0 Å². The second-order valence-corrected chi connectivity index (χ2v) is 8.94. The fourth-order valence-corrected chi connectivity index (χ4v) is 3.28. The molecule has 0 aromatic heterocycles. The molecule has 1 amide bonds. The maximum Gasteiger partial charge on any atom is 0.412 e. The first kappa shape index (κ1) is 22.0. The third kappa shape index (κ3) is 5.99. The summed E-state index contributed by atoms with van der Waals surface area (Å²) in [5.41, 5.74) is -1.46. The average Bonchev–Trinajstić information content (AvgIpc) is 2.65. The van der Waals surface area contributed by atoms with Gasteiger partial charge in [0.05, 0.1) is 13.2 Å². The first-order chi connectivity index (χ1) is 11.3. The smallest absolute Gasteiger partial charge is 0.412 e. The van der Waals surface area contributed by atoms with Crippen molar-refractivity contribution in [2.75, 3.05) is 7.11 Å². The first-order valence-electron chi connectivity index (χ1n) is 8.44. The van der Waals surface area contributed by atoms with E-state index in [4.69, 9.17) is 14.2 Å². The van der Waals surface area contributed by atoms with E-state index in [9.17, 15) is 9.59 Å². The number of hydrogen-bond acceptors (Lipinski definition) is 5. The van der Waals surface area contributed by atoms with E-state index in [2.05, 4.69) is 29.8 Å². The van der Waals surface area contributed by atoms with Gasteiger partial charge in [0.25, 0.3) is 0 Å². The minimum atomic E-state index is -0.855. The van der Waals surface area contributed by atoms with Crippen LogP contribution in [0.1, 0.15) is 54.9 Å². The summed E-state index contributed by atoms with van der Waals surface area (Å²) in [4.78, 5) is 26.1. The normalized spacial score (nSPS) is 23.8. The van der Waals surface area contributed by atoms with Crippen molar-refractivity contribution < 1.29 is 23.8 Å². The van der Waals surface area contributed by atoms with Crippen LogP contribution in [-0.2, 0) is 19.0 Å². The van der Waals surface area contributed by atoms with Crippen LogP contribution in [0, 0.1) is 5.92 Å². The third-order valence-electron chi connectivity index (χ3n) is 3.71. The van der Waals surface area contributed by atoms with E-state index >= 15 is 0 Å². The highest BCUT2D eigenvalue weighted by Crippen LogP contribution is 2.37. The van der Waals surface area contributed by atoms with Crippen LogP contribution in [0.5, 0.6) is 0 Å². The molecular formula is C18H30BrNO5. The summed E-state index contributed by atoms with van der Waals surface area (Å²) >= 11 is 3.22. The van der Waals surface area contributed by atoms with Crippen molar-refractivity contribution in [2.45, 2.75) is 78.4 Å². The highest BCUT2D eigenvalue weighted by Gasteiger charge is 2.50. The molecule has 144 valence electrons. The molecule has 1 fully saturated rings. The largest absolute Gasteiger partial charge is 0.465 e. The lowest BCUT2D eigenvalue weighted by Gasteiger charge is -2.35. The quantitative estimate of drug-likeness (QED) is 0.503. The molecule has 6 nitrogen and oxygen atoms in total. The Labute approximate surface area is 159 Å². The highest BCUT2D eigenvalue weighted by atomic mass is 79.9. The third-order valence-corrected chi connectivity index (χ3v) is 4.30. The molecule has 1 rings (SSSR count). The zero-order valence-corrected chi connectivity index (χ0v) is 18.0. The van der Waals surface area contributed by atoms with Gasteiger partial charge < -0.3 is 14.2 Å². The molecule has 0 unspecified atom stereocenters. The maximum absolute atomic E-state index is 12.8. The Morgan fingerprint density at radius 2 is 1.88 bits per heavy atom. The van der Waals surface area contributed by atoms with Crippen molar-refractivity contribution in [1.82, 2.24) is 4.90 Å². The van der Waals surface area contributed by atoms with Crippen LogP contribution in [0.15, 0.2) is 10.6 Å². The lowest BCUT2D eigenvalue weighted by molar-refractivity contribution is -0.135. The molecule has 0 aromatic rings. The average molecular weight is 420 g/mol. The Hall–Kier alpha value is -1.08. The van der Waals surface area contributed by atoms with Crippen LogP contribution in [0.25, 0.3) is 0 Å². The molecule has 1 heterocycles. The van der Waals surface area contributed by atoms with E-state index in [1.807, 2.05) is 34.6 Å². The van der Waals surface area contributed by atoms with Crippen molar-refractivity contribution in [2.24, 2.45) is 5.92 Å². The van der Waals surface area contributed by atoms with E-state index in [0.717, 1.165) is 0 Å².